The highest BCUT2D eigenvalue weighted by Gasteiger charge is 2.25. The zero-order valence-electron chi connectivity index (χ0n) is 17.8. The van der Waals surface area contributed by atoms with Gasteiger partial charge in [-0.05, 0) is 57.0 Å². The Kier molecular flexibility index (Phi) is 5.74. The van der Waals surface area contributed by atoms with E-state index in [9.17, 15) is 13.2 Å². The lowest BCUT2D eigenvalue weighted by Gasteiger charge is -2.21. The summed E-state index contributed by atoms with van der Waals surface area (Å²) in [6.07, 6.45) is 4.99. The lowest BCUT2D eigenvalue weighted by atomic mass is 10.0. The van der Waals surface area contributed by atoms with Gasteiger partial charge in [0.2, 0.25) is 10.0 Å². The number of benzene rings is 1. The molecule has 0 bridgehead atoms. The zero-order chi connectivity index (χ0) is 23.3. The van der Waals surface area contributed by atoms with Crippen molar-refractivity contribution >= 4 is 61.3 Å². The van der Waals surface area contributed by atoms with Gasteiger partial charge in [0.25, 0.3) is 5.91 Å². The van der Waals surface area contributed by atoms with Gasteiger partial charge >= 0.3 is 0 Å². The van der Waals surface area contributed by atoms with Crippen molar-refractivity contribution < 1.29 is 17.6 Å². The molecule has 10 heteroatoms. The molecule has 0 saturated carbocycles. The Labute approximate surface area is 195 Å². The van der Waals surface area contributed by atoms with E-state index in [1.165, 1.54) is 11.8 Å². The second kappa shape index (κ2) is 8.11. The van der Waals surface area contributed by atoms with E-state index in [1.54, 1.807) is 70.4 Å². The van der Waals surface area contributed by atoms with Gasteiger partial charge < -0.3 is 9.73 Å². The largest absolute Gasteiger partial charge is 0.456 e. The number of furan rings is 1. The van der Waals surface area contributed by atoms with Gasteiger partial charge in [0.15, 0.2) is 0 Å². The van der Waals surface area contributed by atoms with E-state index in [2.05, 4.69) is 15.0 Å². The molecule has 7 nitrogen and oxygen atoms in total. The molecule has 32 heavy (non-hydrogen) atoms. The Balaban J connectivity index is 1.74. The lowest BCUT2D eigenvalue weighted by Crippen LogP contribution is -2.40. The number of nitrogens with zero attached hydrogens (tertiary/aromatic N) is 1. The van der Waals surface area contributed by atoms with Crippen LogP contribution in [-0.2, 0) is 14.8 Å². The van der Waals surface area contributed by atoms with E-state index in [-0.39, 0.29) is 10.8 Å². The van der Waals surface area contributed by atoms with Crippen LogP contribution in [0.15, 0.2) is 50.9 Å². The molecule has 1 aromatic carbocycles. The minimum absolute atomic E-state index is 0.224. The SMILES string of the molecule is Cc1cc(-c2cncc3cc(C=C4SC(=S)NC4=O)oc23)ccc1S(=O)(=O)NC(C)(C)C. The van der Waals surface area contributed by atoms with Gasteiger partial charge in [-0.25, -0.2) is 13.1 Å². The predicted octanol–water partition coefficient (Wildman–Crippen LogP) is 4.37. The number of amides is 1. The fraction of sp³-hybridized carbons (Fsp3) is 0.227. The van der Waals surface area contributed by atoms with Crippen LogP contribution in [0, 0.1) is 6.92 Å². The van der Waals surface area contributed by atoms with Crippen LogP contribution >= 0.6 is 24.0 Å². The fourth-order valence-corrected chi connectivity index (χ4v) is 6.06. The number of carbonyl (C=O) groups is 1. The molecule has 2 aromatic heterocycles. The first-order valence-electron chi connectivity index (χ1n) is 9.70. The summed E-state index contributed by atoms with van der Waals surface area (Å²) in [6, 6.07) is 6.92. The van der Waals surface area contributed by atoms with E-state index in [0.717, 1.165) is 16.5 Å². The monoisotopic (exact) mass is 487 g/mol. The molecule has 3 aromatic rings. The number of hydrogen-bond acceptors (Lipinski definition) is 7. The van der Waals surface area contributed by atoms with E-state index in [0.29, 0.717) is 26.1 Å². The van der Waals surface area contributed by atoms with E-state index >= 15 is 0 Å². The van der Waals surface area contributed by atoms with Gasteiger partial charge in [-0.2, -0.15) is 0 Å². The van der Waals surface area contributed by atoms with Crippen LogP contribution in [0.4, 0.5) is 0 Å². The van der Waals surface area contributed by atoms with Crippen molar-refractivity contribution in [3.05, 3.63) is 52.9 Å². The highest BCUT2D eigenvalue weighted by atomic mass is 32.2. The molecule has 0 aliphatic carbocycles. The van der Waals surface area contributed by atoms with Gasteiger partial charge in [0, 0.05) is 35.0 Å². The Morgan fingerprint density at radius 2 is 1.97 bits per heavy atom. The second-order valence-electron chi connectivity index (χ2n) is 8.44. The number of aryl methyl sites for hydroxylation is 1. The summed E-state index contributed by atoms with van der Waals surface area (Å²) in [5.41, 5.74) is 2.12. The Morgan fingerprint density at radius 3 is 2.59 bits per heavy atom. The normalized spacial score (nSPS) is 16.2. The molecule has 1 saturated heterocycles. The van der Waals surface area contributed by atoms with Gasteiger partial charge in [0.1, 0.15) is 15.7 Å². The number of hydrogen-bond donors (Lipinski definition) is 2. The molecule has 1 aliphatic heterocycles. The number of nitrogens with one attached hydrogen (secondary N) is 2. The van der Waals surface area contributed by atoms with Crippen LogP contribution in [0.2, 0.25) is 0 Å². The average Bonchev–Trinajstić information content (AvgIpc) is 3.21. The summed E-state index contributed by atoms with van der Waals surface area (Å²) in [5.74, 6) is 0.247. The number of carbonyl (C=O) groups excluding carboxylic acids is 1. The molecule has 0 spiro atoms. The molecule has 0 unspecified atom stereocenters. The highest BCUT2D eigenvalue weighted by molar-refractivity contribution is 8.26. The van der Waals surface area contributed by atoms with Gasteiger partial charge in [-0.1, -0.05) is 30.0 Å². The Hall–Kier alpha value is -2.53. The first kappa shape index (κ1) is 22.7. The smallest absolute Gasteiger partial charge is 0.263 e. The molecule has 1 amide bonds. The summed E-state index contributed by atoms with van der Waals surface area (Å²) in [4.78, 5) is 16.9. The molecule has 4 rings (SSSR count). The highest BCUT2D eigenvalue weighted by Crippen LogP contribution is 2.34. The summed E-state index contributed by atoms with van der Waals surface area (Å²) in [6.45, 7) is 7.15. The number of fused-ring (bicyclic) bond motifs is 1. The maximum Gasteiger partial charge on any atom is 0.263 e. The molecule has 1 aliphatic rings. The summed E-state index contributed by atoms with van der Waals surface area (Å²) >= 11 is 6.20. The van der Waals surface area contributed by atoms with Crippen molar-refractivity contribution in [2.75, 3.05) is 0 Å². The van der Waals surface area contributed by atoms with E-state index < -0.39 is 15.6 Å². The van der Waals surface area contributed by atoms with Crippen molar-refractivity contribution in [2.45, 2.75) is 38.1 Å². The molecule has 3 heterocycles. The quantitative estimate of drug-likeness (QED) is 0.416. The molecular weight excluding hydrogens is 466 g/mol. The molecule has 0 radical (unpaired) electrons. The van der Waals surface area contributed by atoms with Crippen LogP contribution in [0.3, 0.4) is 0 Å². The number of aromatic nitrogens is 1. The zero-order valence-corrected chi connectivity index (χ0v) is 20.3. The summed E-state index contributed by atoms with van der Waals surface area (Å²) in [5, 5.41) is 3.34. The van der Waals surface area contributed by atoms with Crippen molar-refractivity contribution in [3.63, 3.8) is 0 Å². The lowest BCUT2D eigenvalue weighted by molar-refractivity contribution is -0.115. The number of pyridine rings is 1. The third-order valence-corrected chi connectivity index (χ3v) is 7.65. The summed E-state index contributed by atoms with van der Waals surface area (Å²) in [7, 11) is -3.66. The third-order valence-electron chi connectivity index (χ3n) is 4.57. The standard InChI is InChI=1S/C22H21N3O4S3/c1-12-7-13(5-6-18(12)32(27,28)25-22(2,3)4)16-11-23-10-14-8-15(29-19(14)16)9-17-20(26)24-21(30)31-17/h5-11,25H,1-4H3,(H,24,26,30). The maximum absolute atomic E-state index is 12.8. The number of thioether (sulfide) groups is 1. The number of rotatable bonds is 4. The molecule has 0 atom stereocenters. The Morgan fingerprint density at radius 1 is 1.22 bits per heavy atom. The molecule has 166 valence electrons. The van der Waals surface area contributed by atoms with Crippen molar-refractivity contribution in [3.8, 4) is 11.1 Å². The van der Waals surface area contributed by atoms with Crippen LogP contribution in [-0.4, -0.2) is 29.2 Å². The third kappa shape index (κ3) is 4.63. The average molecular weight is 488 g/mol. The van der Waals surface area contributed by atoms with E-state index in [4.69, 9.17) is 16.6 Å². The topological polar surface area (TPSA) is 101 Å². The minimum Gasteiger partial charge on any atom is -0.456 e. The maximum atomic E-state index is 12.8. The van der Waals surface area contributed by atoms with Crippen molar-refractivity contribution in [1.29, 1.82) is 0 Å². The first-order valence-corrected chi connectivity index (χ1v) is 12.4. The summed E-state index contributed by atoms with van der Waals surface area (Å²) < 4.78 is 34.6. The first-order chi connectivity index (χ1) is 14.9. The fourth-order valence-electron chi connectivity index (χ4n) is 3.39. The van der Waals surface area contributed by atoms with Gasteiger partial charge in [0.05, 0.1) is 9.80 Å². The van der Waals surface area contributed by atoms with Crippen LogP contribution in [0.1, 0.15) is 32.1 Å². The minimum atomic E-state index is -3.66. The van der Waals surface area contributed by atoms with Gasteiger partial charge in [-0.15, -0.1) is 0 Å². The van der Waals surface area contributed by atoms with Crippen molar-refractivity contribution in [1.82, 2.24) is 15.0 Å². The predicted molar refractivity (Wildman–Crippen MR) is 131 cm³/mol. The molecule has 1 fully saturated rings. The van der Waals surface area contributed by atoms with E-state index in [1.807, 2.05) is 0 Å². The van der Waals surface area contributed by atoms with Crippen LogP contribution in [0.5, 0.6) is 0 Å². The number of sulfonamides is 1. The van der Waals surface area contributed by atoms with Crippen molar-refractivity contribution in [2.24, 2.45) is 0 Å². The Bertz CT molecular complexity index is 1400. The van der Waals surface area contributed by atoms with Crippen LogP contribution < -0.4 is 10.0 Å². The molecular formula is C22H21N3O4S3. The van der Waals surface area contributed by atoms with Crippen LogP contribution in [0.25, 0.3) is 28.2 Å². The molecule has 2 N–H and O–H groups in total. The second-order valence-corrected chi connectivity index (χ2v) is 11.8. The number of thiocarbonyl (C=S) groups is 1. The van der Waals surface area contributed by atoms with Gasteiger partial charge in [-0.3, -0.25) is 9.78 Å².